The van der Waals surface area contributed by atoms with Gasteiger partial charge in [-0.05, 0) is 44.7 Å². The fourth-order valence-corrected chi connectivity index (χ4v) is 4.08. The normalized spacial score (nSPS) is 19.4. The van der Waals surface area contributed by atoms with Gasteiger partial charge in [0.2, 0.25) is 0 Å². The molecule has 0 spiro atoms. The zero-order chi connectivity index (χ0) is 16.7. The summed E-state index contributed by atoms with van der Waals surface area (Å²) in [4.78, 5) is 21.0. The Morgan fingerprint density at radius 3 is 2.50 bits per heavy atom. The minimum Gasteiger partial charge on any atom is -0.325 e. The van der Waals surface area contributed by atoms with Gasteiger partial charge in [0, 0.05) is 38.3 Å². The number of urea groups is 1. The summed E-state index contributed by atoms with van der Waals surface area (Å²) in [5.74, 6) is 0.665. The summed E-state index contributed by atoms with van der Waals surface area (Å²) >= 11 is 0. The average molecular weight is 330 g/mol. The van der Waals surface area contributed by atoms with E-state index in [4.69, 9.17) is 0 Å². The SMILES string of the molecule is Cc1nc2cc(F)ccc2n1C1CCN(C(=O)N2CCCC2)CC1. The third-order valence-corrected chi connectivity index (χ3v) is 5.30. The van der Waals surface area contributed by atoms with Crippen molar-refractivity contribution in [2.24, 2.45) is 0 Å². The van der Waals surface area contributed by atoms with Crippen molar-refractivity contribution in [3.8, 4) is 0 Å². The Morgan fingerprint density at radius 2 is 1.79 bits per heavy atom. The number of aromatic nitrogens is 2. The van der Waals surface area contributed by atoms with Gasteiger partial charge >= 0.3 is 6.03 Å². The second-order valence-corrected chi connectivity index (χ2v) is 6.86. The van der Waals surface area contributed by atoms with Crippen LogP contribution in [-0.4, -0.2) is 51.6 Å². The summed E-state index contributed by atoms with van der Waals surface area (Å²) in [5, 5.41) is 0. The van der Waals surface area contributed by atoms with E-state index in [0.717, 1.165) is 63.2 Å². The maximum absolute atomic E-state index is 13.4. The van der Waals surface area contributed by atoms with Crippen LogP contribution in [0.4, 0.5) is 9.18 Å². The standard InChI is InChI=1S/C18H23FN4O/c1-13-20-16-12-14(19)4-5-17(16)23(13)15-6-10-22(11-7-15)18(24)21-8-2-3-9-21/h4-5,12,15H,2-3,6-11H2,1H3. The summed E-state index contributed by atoms with van der Waals surface area (Å²) in [6.07, 6.45) is 4.09. The number of rotatable bonds is 1. The number of fused-ring (bicyclic) bond motifs is 1. The van der Waals surface area contributed by atoms with E-state index in [2.05, 4.69) is 9.55 Å². The Balaban J connectivity index is 1.50. The van der Waals surface area contributed by atoms with Gasteiger partial charge in [0.25, 0.3) is 0 Å². The third-order valence-electron chi connectivity index (χ3n) is 5.30. The first-order valence-electron chi connectivity index (χ1n) is 8.81. The number of amides is 2. The lowest BCUT2D eigenvalue weighted by Crippen LogP contribution is -2.45. The number of likely N-dealkylation sites (tertiary alicyclic amines) is 2. The van der Waals surface area contributed by atoms with Gasteiger partial charge < -0.3 is 14.4 Å². The largest absolute Gasteiger partial charge is 0.325 e. The predicted molar refractivity (Wildman–Crippen MR) is 90.5 cm³/mol. The molecule has 2 aromatic rings. The van der Waals surface area contributed by atoms with Crippen LogP contribution in [-0.2, 0) is 0 Å². The average Bonchev–Trinajstić information content (AvgIpc) is 3.21. The highest BCUT2D eigenvalue weighted by atomic mass is 19.1. The number of imidazole rings is 1. The van der Waals surface area contributed by atoms with E-state index in [1.54, 1.807) is 0 Å². The molecule has 2 saturated heterocycles. The van der Waals surface area contributed by atoms with Gasteiger partial charge in [-0.15, -0.1) is 0 Å². The van der Waals surface area contributed by atoms with E-state index >= 15 is 0 Å². The Morgan fingerprint density at radius 1 is 1.12 bits per heavy atom. The number of aryl methyl sites for hydroxylation is 1. The van der Waals surface area contributed by atoms with Gasteiger partial charge in [-0.2, -0.15) is 0 Å². The fourth-order valence-electron chi connectivity index (χ4n) is 4.08. The molecule has 0 radical (unpaired) electrons. The topological polar surface area (TPSA) is 41.4 Å². The van der Waals surface area contributed by atoms with Crippen LogP contribution in [0.2, 0.25) is 0 Å². The van der Waals surface area contributed by atoms with Crippen LogP contribution in [0.25, 0.3) is 11.0 Å². The molecule has 128 valence electrons. The fraction of sp³-hybridized carbons (Fsp3) is 0.556. The van der Waals surface area contributed by atoms with Gasteiger partial charge in [0.05, 0.1) is 11.0 Å². The van der Waals surface area contributed by atoms with Crippen LogP contribution in [0, 0.1) is 12.7 Å². The molecule has 0 atom stereocenters. The first kappa shape index (κ1) is 15.4. The number of benzene rings is 1. The van der Waals surface area contributed by atoms with E-state index in [9.17, 15) is 9.18 Å². The predicted octanol–water partition coefficient (Wildman–Crippen LogP) is 3.34. The minimum atomic E-state index is -0.252. The monoisotopic (exact) mass is 330 g/mol. The van der Waals surface area contributed by atoms with E-state index in [1.165, 1.54) is 12.1 Å². The van der Waals surface area contributed by atoms with E-state index in [-0.39, 0.29) is 11.8 Å². The summed E-state index contributed by atoms with van der Waals surface area (Å²) in [6.45, 7) is 5.32. The number of carbonyl (C=O) groups is 1. The van der Waals surface area contributed by atoms with Crippen LogP contribution in [0.3, 0.4) is 0 Å². The van der Waals surface area contributed by atoms with Crippen molar-refractivity contribution in [3.05, 3.63) is 29.8 Å². The summed E-state index contributed by atoms with van der Waals surface area (Å²) in [7, 11) is 0. The van der Waals surface area contributed by atoms with Crippen molar-refractivity contribution in [1.29, 1.82) is 0 Å². The molecule has 1 aromatic carbocycles. The lowest BCUT2D eigenvalue weighted by Gasteiger charge is -2.35. The number of hydrogen-bond acceptors (Lipinski definition) is 2. The third kappa shape index (κ3) is 2.64. The molecule has 0 aliphatic carbocycles. The van der Waals surface area contributed by atoms with Crippen LogP contribution in [0.1, 0.15) is 37.5 Å². The van der Waals surface area contributed by atoms with Gasteiger partial charge in [-0.3, -0.25) is 0 Å². The van der Waals surface area contributed by atoms with Crippen molar-refractivity contribution in [2.75, 3.05) is 26.2 Å². The Labute approximate surface area is 141 Å². The molecule has 4 rings (SSSR count). The second-order valence-electron chi connectivity index (χ2n) is 6.86. The smallest absolute Gasteiger partial charge is 0.319 e. The van der Waals surface area contributed by atoms with Gasteiger partial charge in [-0.1, -0.05) is 0 Å². The van der Waals surface area contributed by atoms with Crippen molar-refractivity contribution in [2.45, 2.75) is 38.6 Å². The summed E-state index contributed by atoms with van der Waals surface area (Å²) < 4.78 is 15.6. The molecular formula is C18H23FN4O. The first-order valence-corrected chi connectivity index (χ1v) is 8.81. The Bertz CT molecular complexity index is 758. The maximum atomic E-state index is 13.4. The van der Waals surface area contributed by atoms with Gasteiger partial charge in [-0.25, -0.2) is 14.2 Å². The molecule has 5 nitrogen and oxygen atoms in total. The molecule has 24 heavy (non-hydrogen) atoms. The van der Waals surface area contributed by atoms with Gasteiger partial charge in [0.15, 0.2) is 0 Å². The molecule has 0 bridgehead atoms. The quantitative estimate of drug-likeness (QED) is 0.805. The van der Waals surface area contributed by atoms with Crippen LogP contribution >= 0.6 is 0 Å². The zero-order valence-electron chi connectivity index (χ0n) is 14.0. The maximum Gasteiger partial charge on any atom is 0.319 e. The zero-order valence-corrected chi connectivity index (χ0v) is 14.0. The number of piperidine rings is 1. The first-order chi connectivity index (χ1) is 11.6. The molecule has 2 amide bonds. The Kier molecular flexibility index (Phi) is 3.90. The molecular weight excluding hydrogens is 307 g/mol. The molecule has 0 saturated carbocycles. The molecule has 2 aliphatic rings. The molecule has 3 heterocycles. The van der Waals surface area contributed by atoms with Crippen LogP contribution in [0.5, 0.6) is 0 Å². The van der Waals surface area contributed by atoms with E-state index < -0.39 is 0 Å². The van der Waals surface area contributed by atoms with Crippen molar-refractivity contribution >= 4 is 17.1 Å². The molecule has 0 unspecified atom stereocenters. The molecule has 1 aromatic heterocycles. The highest BCUT2D eigenvalue weighted by Crippen LogP contribution is 2.29. The Hall–Kier alpha value is -2.11. The van der Waals surface area contributed by atoms with E-state index in [1.807, 2.05) is 22.8 Å². The lowest BCUT2D eigenvalue weighted by atomic mass is 10.0. The number of carbonyl (C=O) groups excluding carboxylic acids is 1. The molecule has 0 N–H and O–H groups in total. The van der Waals surface area contributed by atoms with Crippen molar-refractivity contribution in [3.63, 3.8) is 0 Å². The summed E-state index contributed by atoms with van der Waals surface area (Å²) in [6, 6.07) is 5.31. The van der Waals surface area contributed by atoms with Crippen LogP contribution < -0.4 is 0 Å². The number of halogens is 1. The second kappa shape index (κ2) is 6.07. The van der Waals surface area contributed by atoms with Crippen LogP contribution in [0.15, 0.2) is 18.2 Å². The molecule has 2 aliphatic heterocycles. The van der Waals surface area contributed by atoms with Gasteiger partial charge in [0.1, 0.15) is 11.6 Å². The van der Waals surface area contributed by atoms with Crippen molar-refractivity contribution < 1.29 is 9.18 Å². The minimum absolute atomic E-state index is 0.195. The number of nitrogens with zero attached hydrogens (tertiary/aromatic N) is 4. The molecule has 6 heteroatoms. The van der Waals surface area contributed by atoms with Crippen molar-refractivity contribution in [1.82, 2.24) is 19.4 Å². The van der Waals surface area contributed by atoms with E-state index in [0.29, 0.717) is 11.6 Å². The molecule has 2 fully saturated rings. The summed E-state index contributed by atoms with van der Waals surface area (Å²) in [5.41, 5.74) is 1.70. The highest BCUT2D eigenvalue weighted by molar-refractivity contribution is 5.76. The number of hydrogen-bond donors (Lipinski definition) is 0. The lowest BCUT2D eigenvalue weighted by molar-refractivity contribution is 0.141. The highest BCUT2D eigenvalue weighted by Gasteiger charge is 2.29.